The second kappa shape index (κ2) is 6.44. The molecule has 2 heterocycles. The van der Waals surface area contributed by atoms with Gasteiger partial charge in [-0.25, -0.2) is 0 Å². The van der Waals surface area contributed by atoms with E-state index in [-0.39, 0.29) is 11.8 Å². The van der Waals surface area contributed by atoms with Gasteiger partial charge in [0.05, 0.1) is 12.3 Å². The van der Waals surface area contributed by atoms with Crippen molar-refractivity contribution in [1.29, 1.82) is 0 Å². The summed E-state index contributed by atoms with van der Waals surface area (Å²) in [6.07, 6.45) is 4.42. The van der Waals surface area contributed by atoms with E-state index in [0.717, 1.165) is 36.4 Å². The zero-order valence-corrected chi connectivity index (χ0v) is 13.2. The SMILES string of the molecule is C=CCCN1C(=O)Cc2cc(N3CCC(C(=O)O)CC3)ccc21. The first-order valence-electron chi connectivity index (χ1n) is 8.12. The Morgan fingerprint density at radius 3 is 2.74 bits per heavy atom. The molecule has 0 unspecified atom stereocenters. The van der Waals surface area contributed by atoms with Crippen LogP contribution < -0.4 is 9.80 Å². The fourth-order valence-electron chi connectivity index (χ4n) is 3.42. The van der Waals surface area contributed by atoms with Gasteiger partial charge in [-0.05, 0) is 43.0 Å². The van der Waals surface area contributed by atoms with Crippen molar-refractivity contribution >= 4 is 23.3 Å². The third-order valence-electron chi connectivity index (χ3n) is 4.76. The van der Waals surface area contributed by atoms with Gasteiger partial charge in [-0.15, -0.1) is 6.58 Å². The van der Waals surface area contributed by atoms with E-state index in [1.807, 2.05) is 23.1 Å². The predicted octanol–water partition coefficient (Wildman–Crippen LogP) is 2.45. The number of anilines is 2. The molecule has 0 atom stereocenters. The van der Waals surface area contributed by atoms with Gasteiger partial charge in [-0.2, -0.15) is 0 Å². The van der Waals surface area contributed by atoms with E-state index in [1.165, 1.54) is 0 Å². The normalized spacial score (nSPS) is 18.2. The van der Waals surface area contributed by atoms with E-state index >= 15 is 0 Å². The van der Waals surface area contributed by atoms with Crippen LogP contribution in [0.25, 0.3) is 0 Å². The summed E-state index contributed by atoms with van der Waals surface area (Å²) < 4.78 is 0. The first-order valence-corrected chi connectivity index (χ1v) is 8.12. The molecule has 2 aliphatic rings. The number of hydrogen-bond acceptors (Lipinski definition) is 3. The molecule has 1 aromatic rings. The molecule has 5 nitrogen and oxygen atoms in total. The number of carbonyl (C=O) groups is 2. The van der Waals surface area contributed by atoms with Crippen molar-refractivity contribution in [3.63, 3.8) is 0 Å². The number of nitrogens with zero attached hydrogens (tertiary/aromatic N) is 2. The summed E-state index contributed by atoms with van der Waals surface area (Å²) in [6, 6.07) is 6.14. The highest BCUT2D eigenvalue weighted by atomic mass is 16.4. The van der Waals surface area contributed by atoms with E-state index < -0.39 is 5.97 Å². The highest BCUT2D eigenvalue weighted by Gasteiger charge is 2.29. The Labute approximate surface area is 136 Å². The van der Waals surface area contributed by atoms with Gasteiger partial charge >= 0.3 is 5.97 Å². The molecule has 1 fully saturated rings. The predicted molar refractivity (Wildman–Crippen MR) is 89.9 cm³/mol. The van der Waals surface area contributed by atoms with Gasteiger partial charge < -0.3 is 14.9 Å². The minimum atomic E-state index is -0.693. The lowest BCUT2D eigenvalue weighted by Crippen LogP contribution is -2.36. The summed E-state index contributed by atoms with van der Waals surface area (Å²) in [5.41, 5.74) is 3.16. The standard InChI is InChI=1S/C18H22N2O3/c1-2-3-8-20-16-5-4-15(11-14(16)12-17(20)21)19-9-6-13(7-10-19)18(22)23/h2,4-5,11,13H,1,3,6-10,12H2,(H,22,23). The maximum Gasteiger partial charge on any atom is 0.306 e. The molecule has 0 radical (unpaired) electrons. The van der Waals surface area contributed by atoms with Crippen LogP contribution in [0.15, 0.2) is 30.9 Å². The first-order chi connectivity index (χ1) is 11.1. The maximum atomic E-state index is 12.2. The second-order valence-electron chi connectivity index (χ2n) is 6.21. The van der Waals surface area contributed by atoms with Crippen LogP contribution in [0, 0.1) is 5.92 Å². The van der Waals surface area contributed by atoms with Crippen molar-refractivity contribution in [2.24, 2.45) is 5.92 Å². The molecular formula is C18H22N2O3. The average Bonchev–Trinajstić information content (AvgIpc) is 2.87. The number of carboxylic acid groups (broad SMARTS) is 1. The van der Waals surface area contributed by atoms with Crippen molar-refractivity contribution < 1.29 is 14.7 Å². The van der Waals surface area contributed by atoms with Crippen LogP contribution in [-0.2, 0) is 16.0 Å². The summed E-state index contributed by atoms with van der Waals surface area (Å²) >= 11 is 0. The van der Waals surface area contributed by atoms with Crippen LogP contribution >= 0.6 is 0 Å². The Balaban J connectivity index is 1.73. The Morgan fingerprint density at radius 1 is 1.35 bits per heavy atom. The zero-order chi connectivity index (χ0) is 16.4. The van der Waals surface area contributed by atoms with Crippen LogP contribution in [0.1, 0.15) is 24.8 Å². The van der Waals surface area contributed by atoms with E-state index in [1.54, 1.807) is 0 Å². The number of carbonyl (C=O) groups excluding carboxylic acids is 1. The van der Waals surface area contributed by atoms with Crippen LogP contribution in [0.2, 0.25) is 0 Å². The highest BCUT2D eigenvalue weighted by Crippen LogP contribution is 2.33. The van der Waals surface area contributed by atoms with Gasteiger partial charge in [0.2, 0.25) is 5.91 Å². The number of carboxylic acids is 1. The molecule has 23 heavy (non-hydrogen) atoms. The van der Waals surface area contributed by atoms with Gasteiger partial charge in [0.15, 0.2) is 0 Å². The highest BCUT2D eigenvalue weighted by molar-refractivity contribution is 6.01. The van der Waals surface area contributed by atoms with Gasteiger partial charge in [-0.1, -0.05) is 6.08 Å². The summed E-state index contributed by atoms with van der Waals surface area (Å²) in [5.74, 6) is -0.776. The maximum absolute atomic E-state index is 12.2. The quantitative estimate of drug-likeness (QED) is 0.848. The monoisotopic (exact) mass is 314 g/mol. The molecule has 3 rings (SSSR count). The largest absolute Gasteiger partial charge is 0.481 e. The van der Waals surface area contributed by atoms with Crippen LogP contribution in [0.5, 0.6) is 0 Å². The Kier molecular flexibility index (Phi) is 4.37. The average molecular weight is 314 g/mol. The van der Waals surface area contributed by atoms with E-state index in [2.05, 4.69) is 17.5 Å². The zero-order valence-electron chi connectivity index (χ0n) is 13.2. The van der Waals surface area contributed by atoms with Gasteiger partial charge in [0.1, 0.15) is 0 Å². The molecule has 0 saturated carbocycles. The van der Waals surface area contributed by atoms with E-state index in [9.17, 15) is 9.59 Å². The lowest BCUT2D eigenvalue weighted by atomic mass is 9.96. The summed E-state index contributed by atoms with van der Waals surface area (Å²) in [7, 11) is 0. The van der Waals surface area contributed by atoms with Crippen LogP contribution in [0.3, 0.4) is 0 Å². The molecule has 1 amide bonds. The van der Waals surface area contributed by atoms with Gasteiger partial charge in [0, 0.05) is 31.0 Å². The second-order valence-corrected chi connectivity index (χ2v) is 6.21. The molecule has 1 aromatic carbocycles. The number of aliphatic carboxylic acids is 1. The lowest BCUT2D eigenvalue weighted by molar-refractivity contribution is -0.142. The first kappa shape index (κ1) is 15.6. The Hall–Kier alpha value is -2.30. The van der Waals surface area contributed by atoms with Crippen molar-refractivity contribution in [2.45, 2.75) is 25.7 Å². The fourth-order valence-corrected chi connectivity index (χ4v) is 3.42. The minimum Gasteiger partial charge on any atom is -0.481 e. The molecule has 1 saturated heterocycles. The molecule has 0 aromatic heterocycles. The number of hydrogen-bond donors (Lipinski definition) is 1. The van der Waals surface area contributed by atoms with E-state index in [4.69, 9.17) is 5.11 Å². The third-order valence-corrected chi connectivity index (χ3v) is 4.76. The van der Waals surface area contributed by atoms with Crippen LogP contribution in [-0.4, -0.2) is 36.6 Å². The number of fused-ring (bicyclic) bond motifs is 1. The van der Waals surface area contributed by atoms with Crippen molar-refractivity contribution in [3.05, 3.63) is 36.4 Å². The molecular weight excluding hydrogens is 292 g/mol. The summed E-state index contributed by atoms with van der Waals surface area (Å²) in [5, 5.41) is 9.08. The van der Waals surface area contributed by atoms with Gasteiger partial charge in [0.25, 0.3) is 0 Å². The molecule has 0 bridgehead atoms. The van der Waals surface area contributed by atoms with Crippen molar-refractivity contribution in [3.8, 4) is 0 Å². The van der Waals surface area contributed by atoms with E-state index in [0.29, 0.717) is 25.8 Å². The molecule has 5 heteroatoms. The fraction of sp³-hybridized carbons (Fsp3) is 0.444. The number of benzene rings is 1. The van der Waals surface area contributed by atoms with Gasteiger partial charge in [-0.3, -0.25) is 9.59 Å². The summed E-state index contributed by atoms with van der Waals surface area (Å²) in [6.45, 7) is 5.90. The molecule has 0 spiro atoms. The third kappa shape index (κ3) is 3.09. The number of piperidine rings is 1. The van der Waals surface area contributed by atoms with Crippen LogP contribution in [0.4, 0.5) is 11.4 Å². The minimum absolute atomic E-state index is 0.142. The molecule has 122 valence electrons. The Bertz CT molecular complexity index is 633. The summed E-state index contributed by atoms with van der Waals surface area (Å²) in [4.78, 5) is 27.2. The van der Waals surface area contributed by atoms with Crippen molar-refractivity contribution in [2.75, 3.05) is 29.4 Å². The molecule has 1 N–H and O–H groups in total. The number of amides is 1. The Morgan fingerprint density at radius 2 is 2.09 bits per heavy atom. The number of rotatable bonds is 5. The molecule has 0 aliphatic carbocycles. The lowest BCUT2D eigenvalue weighted by Gasteiger charge is -2.32. The van der Waals surface area contributed by atoms with Crippen molar-refractivity contribution in [1.82, 2.24) is 0 Å². The smallest absolute Gasteiger partial charge is 0.306 e. The molecule has 2 aliphatic heterocycles. The topological polar surface area (TPSA) is 60.9 Å².